The average molecular weight is 237 g/mol. The molecular formula is C13H19NO3. The Morgan fingerprint density at radius 1 is 1.29 bits per heavy atom. The molecule has 1 rings (SSSR count). The van der Waals surface area contributed by atoms with Crippen LogP contribution >= 0.6 is 0 Å². The van der Waals surface area contributed by atoms with Gasteiger partial charge in [-0.2, -0.15) is 0 Å². The fraction of sp³-hybridized carbons (Fsp3) is 0.462. The maximum absolute atomic E-state index is 11.9. The molecule has 94 valence electrons. The van der Waals surface area contributed by atoms with Gasteiger partial charge in [-0.25, -0.2) is 4.79 Å². The number of benzene rings is 1. The third-order valence-corrected chi connectivity index (χ3v) is 2.00. The maximum atomic E-state index is 11.9. The lowest BCUT2D eigenvalue weighted by Gasteiger charge is -2.29. The molecule has 0 aliphatic rings. The van der Waals surface area contributed by atoms with Crippen molar-refractivity contribution in [1.29, 1.82) is 0 Å². The van der Waals surface area contributed by atoms with E-state index < -0.39 is 17.9 Å². The van der Waals surface area contributed by atoms with E-state index in [0.717, 1.165) is 0 Å². The molecule has 1 N–H and O–H groups in total. The number of carbonyl (C=O) groups excluding carboxylic acids is 1. The van der Waals surface area contributed by atoms with E-state index in [9.17, 15) is 9.90 Å². The normalized spacial score (nSPS) is 13.0. The molecule has 0 saturated heterocycles. The summed E-state index contributed by atoms with van der Waals surface area (Å²) in [7, 11) is 0. The van der Waals surface area contributed by atoms with Crippen molar-refractivity contribution < 1.29 is 14.6 Å². The zero-order valence-corrected chi connectivity index (χ0v) is 10.7. The Kier molecular flexibility index (Phi) is 4.12. The second-order valence-corrected chi connectivity index (χ2v) is 4.82. The van der Waals surface area contributed by atoms with Gasteiger partial charge in [0.25, 0.3) is 0 Å². The minimum atomic E-state index is -0.938. The Hall–Kier alpha value is -1.55. The van der Waals surface area contributed by atoms with E-state index in [1.807, 2.05) is 6.07 Å². The van der Waals surface area contributed by atoms with Gasteiger partial charge in [0, 0.05) is 5.69 Å². The van der Waals surface area contributed by atoms with Crippen LogP contribution in [0.3, 0.4) is 0 Å². The van der Waals surface area contributed by atoms with Crippen molar-refractivity contribution in [1.82, 2.24) is 0 Å². The van der Waals surface area contributed by atoms with Gasteiger partial charge in [0.15, 0.2) is 0 Å². The molecule has 0 spiro atoms. The molecule has 0 radical (unpaired) electrons. The number of hydrogen-bond donors (Lipinski definition) is 1. The molecule has 0 aliphatic heterocycles. The predicted molar refractivity (Wildman–Crippen MR) is 66.8 cm³/mol. The van der Waals surface area contributed by atoms with Crippen LogP contribution in [0.25, 0.3) is 0 Å². The number of amides is 1. The van der Waals surface area contributed by atoms with Gasteiger partial charge in [-0.3, -0.25) is 4.90 Å². The third-order valence-electron chi connectivity index (χ3n) is 2.00. The highest BCUT2D eigenvalue weighted by molar-refractivity contribution is 5.88. The molecule has 1 atom stereocenters. The van der Waals surface area contributed by atoms with Crippen LogP contribution in [0.15, 0.2) is 30.3 Å². The first-order valence-electron chi connectivity index (χ1n) is 5.56. The molecule has 17 heavy (non-hydrogen) atoms. The zero-order valence-electron chi connectivity index (χ0n) is 10.7. The van der Waals surface area contributed by atoms with Crippen molar-refractivity contribution in [2.45, 2.75) is 39.5 Å². The molecule has 1 unspecified atom stereocenters. The van der Waals surface area contributed by atoms with Crippen LogP contribution in [0.4, 0.5) is 10.5 Å². The van der Waals surface area contributed by atoms with Crippen LogP contribution in [0.2, 0.25) is 0 Å². The largest absolute Gasteiger partial charge is 0.443 e. The van der Waals surface area contributed by atoms with Gasteiger partial charge in [0.2, 0.25) is 0 Å². The molecule has 1 aromatic carbocycles. The third kappa shape index (κ3) is 4.07. The summed E-state index contributed by atoms with van der Waals surface area (Å²) < 4.78 is 5.24. The summed E-state index contributed by atoms with van der Waals surface area (Å²) in [4.78, 5) is 13.2. The van der Waals surface area contributed by atoms with Gasteiger partial charge in [0.05, 0.1) is 0 Å². The Balaban J connectivity index is 2.92. The molecule has 0 fully saturated rings. The highest BCUT2D eigenvalue weighted by Crippen LogP contribution is 2.19. The Bertz CT molecular complexity index is 368. The number of aliphatic hydroxyl groups is 1. The lowest BCUT2D eigenvalue weighted by atomic mass is 10.2. The highest BCUT2D eigenvalue weighted by atomic mass is 16.6. The fourth-order valence-corrected chi connectivity index (χ4v) is 1.37. The number of nitrogens with zero attached hydrogens (tertiary/aromatic N) is 1. The van der Waals surface area contributed by atoms with Gasteiger partial charge in [-0.15, -0.1) is 0 Å². The van der Waals surface area contributed by atoms with Gasteiger partial charge in [-0.05, 0) is 39.8 Å². The molecule has 4 heteroatoms. The maximum Gasteiger partial charge on any atom is 0.416 e. The molecular weight excluding hydrogens is 218 g/mol. The lowest BCUT2D eigenvalue weighted by molar-refractivity contribution is 0.0491. The number of anilines is 1. The van der Waals surface area contributed by atoms with E-state index in [-0.39, 0.29) is 0 Å². The van der Waals surface area contributed by atoms with Crippen molar-refractivity contribution in [2.24, 2.45) is 0 Å². The van der Waals surface area contributed by atoms with Crippen LogP contribution in [0.1, 0.15) is 27.7 Å². The molecule has 1 amide bonds. The fourth-order valence-electron chi connectivity index (χ4n) is 1.37. The van der Waals surface area contributed by atoms with Crippen molar-refractivity contribution in [3.05, 3.63) is 30.3 Å². The number of rotatable bonds is 2. The van der Waals surface area contributed by atoms with Gasteiger partial charge >= 0.3 is 6.09 Å². The summed E-state index contributed by atoms with van der Waals surface area (Å²) in [6.45, 7) is 6.89. The van der Waals surface area contributed by atoms with Crippen LogP contribution in [0.5, 0.6) is 0 Å². The summed E-state index contributed by atoms with van der Waals surface area (Å²) in [6.07, 6.45) is -1.49. The minimum absolute atomic E-state index is 0.557. The molecule has 4 nitrogen and oxygen atoms in total. The zero-order chi connectivity index (χ0) is 13.1. The van der Waals surface area contributed by atoms with E-state index in [1.54, 1.807) is 45.0 Å². The number of para-hydroxylation sites is 1. The van der Waals surface area contributed by atoms with Crippen LogP contribution in [-0.2, 0) is 4.74 Å². The first-order chi connectivity index (χ1) is 7.81. The first kappa shape index (κ1) is 13.5. The average Bonchev–Trinajstić information content (AvgIpc) is 2.15. The molecule has 0 aliphatic carbocycles. The molecule has 0 heterocycles. The number of aliphatic hydroxyl groups excluding tert-OH is 1. The van der Waals surface area contributed by atoms with E-state index in [1.165, 1.54) is 11.8 Å². The van der Waals surface area contributed by atoms with E-state index in [0.29, 0.717) is 5.69 Å². The second kappa shape index (κ2) is 5.19. The van der Waals surface area contributed by atoms with Gasteiger partial charge < -0.3 is 9.84 Å². The first-order valence-corrected chi connectivity index (χ1v) is 5.56. The predicted octanol–water partition coefficient (Wildman–Crippen LogP) is 2.77. The molecule has 0 saturated carbocycles. The highest BCUT2D eigenvalue weighted by Gasteiger charge is 2.26. The summed E-state index contributed by atoms with van der Waals surface area (Å²) in [5.74, 6) is 0. The Morgan fingerprint density at radius 2 is 1.82 bits per heavy atom. The SMILES string of the molecule is CC(O)N(C(=O)OC(C)(C)C)c1ccccc1. The van der Waals surface area contributed by atoms with E-state index >= 15 is 0 Å². The van der Waals surface area contributed by atoms with Crippen molar-refractivity contribution in [2.75, 3.05) is 4.90 Å². The molecule has 0 aromatic heterocycles. The summed E-state index contributed by atoms with van der Waals surface area (Å²) in [5, 5.41) is 9.66. The van der Waals surface area contributed by atoms with Crippen LogP contribution in [0, 0.1) is 0 Å². The standard InChI is InChI=1S/C13H19NO3/c1-10(15)14(11-8-6-5-7-9-11)12(16)17-13(2,3)4/h5-10,15H,1-4H3. The van der Waals surface area contributed by atoms with Crippen molar-refractivity contribution >= 4 is 11.8 Å². The van der Waals surface area contributed by atoms with E-state index in [2.05, 4.69) is 0 Å². The van der Waals surface area contributed by atoms with Gasteiger partial charge in [0.1, 0.15) is 11.8 Å². The topological polar surface area (TPSA) is 49.8 Å². The minimum Gasteiger partial charge on any atom is -0.443 e. The number of ether oxygens (including phenoxy) is 1. The Labute approximate surface area is 102 Å². The van der Waals surface area contributed by atoms with Crippen molar-refractivity contribution in [3.8, 4) is 0 Å². The molecule has 1 aromatic rings. The molecule has 0 bridgehead atoms. The van der Waals surface area contributed by atoms with E-state index in [4.69, 9.17) is 4.74 Å². The summed E-state index contributed by atoms with van der Waals surface area (Å²) in [6, 6.07) is 8.94. The Morgan fingerprint density at radius 3 is 2.24 bits per heavy atom. The van der Waals surface area contributed by atoms with Gasteiger partial charge in [-0.1, -0.05) is 18.2 Å². The van der Waals surface area contributed by atoms with Crippen molar-refractivity contribution in [3.63, 3.8) is 0 Å². The summed E-state index contributed by atoms with van der Waals surface area (Å²) >= 11 is 0. The van der Waals surface area contributed by atoms with Crippen LogP contribution < -0.4 is 4.90 Å². The number of carbonyl (C=O) groups is 1. The second-order valence-electron chi connectivity index (χ2n) is 4.82. The quantitative estimate of drug-likeness (QED) is 0.805. The van der Waals surface area contributed by atoms with Crippen LogP contribution in [-0.4, -0.2) is 23.0 Å². The number of hydrogen-bond acceptors (Lipinski definition) is 3. The monoisotopic (exact) mass is 237 g/mol. The summed E-state index contributed by atoms with van der Waals surface area (Å²) in [5.41, 5.74) is 0.0238. The lowest BCUT2D eigenvalue weighted by Crippen LogP contribution is -2.42. The smallest absolute Gasteiger partial charge is 0.416 e.